The second kappa shape index (κ2) is 6.47. The van der Waals surface area contributed by atoms with Crippen LogP contribution in [0.3, 0.4) is 0 Å². The third-order valence-corrected chi connectivity index (χ3v) is 4.46. The summed E-state index contributed by atoms with van der Waals surface area (Å²) in [4.78, 5) is 6.33. The normalized spacial score (nSPS) is 16.1. The summed E-state index contributed by atoms with van der Waals surface area (Å²) in [6.45, 7) is 3.91. The van der Waals surface area contributed by atoms with Crippen LogP contribution in [0.5, 0.6) is 0 Å². The fraction of sp³-hybridized carbons (Fsp3) is 0.769. The van der Waals surface area contributed by atoms with Crippen LogP contribution in [0.25, 0.3) is 0 Å². The third-order valence-electron chi connectivity index (χ3n) is 3.18. The highest BCUT2D eigenvalue weighted by Crippen LogP contribution is 2.32. The zero-order valence-electron chi connectivity index (χ0n) is 10.8. The van der Waals surface area contributed by atoms with Gasteiger partial charge in [-0.2, -0.15) is 0 Å². The van der Waals surface area contributed by atoms with Crippen LogP contribution in [0.15, 0.2) is 0 Å². The molecule has 0 aliphatic heterocycles. The average Bonchev–Trinajstić information content (AvgIpc) is 2.88. The molecule has 3 nitrogen and oxygen atoms in total. The van der Waals surface area contributed by atoms with E-state index in [9.17, 15) is 0 Å². The smallest absolute Gasteiger partial charge is 0.110 e. The molecule has 4 heteroatoms. The zero-order chi connectivity index (χ0) is 12.1. The molecule has 0 fully saturated rings. The number of nitrogens with zero attached hydrogens (tertiary/aromatic N) is 1. The number of nitrogens with one attached hydrogen (secondary N) is 1. The lowest BCUT2D eigenvalue weighted by molar-refractivity contribution is 0.195. The van der Waals surface area contributed by atoms with Crippen molar-refractivity contribution in [1.29, 1.82) is 0 Å². The van der Waals surface area contributed by atoms with Gasteiger partial charge in [0.2, 0.25) is 0 Å². The van der Waals surface area contributed by atoms with Crippen molar-refractivity contribution >= 4 is 11.3 Å². The highest BCUT2D eigenvalue weighted by atomic mass is 32.1. The second-order valence-corrected chi connectivity index (χ2v) is 5.68. The van der Waals surface area contributed by atoms with Crippen molar-refractivity contribution in [3.63, 3.8) is 0 Å². The minimum absolute atomic E-state index is 0.422. The van der Waals surface area contributed by atoms with Gasteiger partial charge in [0.05, 0.1) is 18.3 Å². The summed E-state index contributed by atoms with van der Waals surface area (Å²) in [6, 6.07) is 0.422. The molecular formula is C13H22N2OS. The van der Waals surface area contributed by atoms with E-state index in [-0.39, 0.29) is 0 Å². The van der Waals surface area contributed by atoms with Gasteiger partial charge in [-0.3, -0.25) is 0 Å². The summed E-state index contributed by atoms with van der Waals surface area (Å²) in [6.07, 6.45) is 6.07. The van der Waals surface area contributed by atoms with Gasteiger partial charge in [0, 0.05) is 18.5 Å². The summed E-state index contributed by atoms with van der Waals surface area (Å²) in [5.74, 6) is 0. The van der Waals surface area contributed by atoms with E-state index < -0.39 is 0 Å². The molecule has 0 saturated heterocycles. The number of fused-ring (bicyclic) bond motifs is 1. The van der Waals surface area contributed by atoms with Gasteiger partial charge in [0.1, 0.15) is 5.01 Å². The number of hydrogen-bond donors (Lipinski definition) is 1. The predicted molar refractivity (Wildman–Crippen MR) is 71.7 cm³/mol. The maximum absolute atomic E-state index is 5.09. The fourth-order valence-electron chi connectivity index (χ4n) is 2.30. The Kier molecular flexibility index (Phi) is 4.95. The first-order valence-electron chi connectivity index (χ1n) is 6.56. The van der Waals surface area contributed by atoms with Gasteiger partial charge in [-0.1, -0.05) is 13.3 Å². The molecule has 0 bridgehead atoms. The van der Waals surface area contributed by atoms with Gasteiger partial charge in [0.15, 0.2) is 0 Å². The molecule has 1 unspecified atom stereocenters. The van der Waals surface area contributed by atoms with Crippen molar-refractivity contribution in [2.75, 3.05) is 20.3 Å². The first kappa shape index (κ1) is 13.0. The Balaban J connectivity index is 1.98. The fourth-order valence-corrected chi connectivity index (χ4v) is 3.56. The van der Waals surface area contributed by atoms with Crippen molar-refractivity contribution in [2.24, 2.45) is 0 Å². The molecule has 96 valence electrons. The number of thiazole rings is 1. The van der Waals surface area contributed by atoms with E-state index in [0.29, 0.717) is 6.04 Å². The Bertz CT molecular complexity index is 330. The van der Waals surface area contributed by atoms with E-state index in [4.69, 9.17) is 9.72 Å². The molecule has 0 aromatic carbocycles. The number of aromatic nitrogens is 1. The quantitative estimate of drug-likeness (QED) is 0.760. The Morgan fingerprint density at radius 3 is 3.06 bits per heavy atom. The molecule has 0 saturated carbocycles. The van der Waals surface area contributed by atoms with Crippen molar-refractivity contribution in [1.82, 2.24) is 10.3 Å². The van der Waals surface area contributed by atoms with Crippen LogP contribution in [0.2, 0.25) is 0 Å². The van der Waals surface area contributed by atoms with Gasteiger partial charge < -0.3 is 10.1 Å². The molecule has 17 heavy (non-hydrogen) atoms. The first-order valence-corrected chi connectivity index (χ1v) is 7.37. The number of hydrogen-bond acceptors (Lipinski definition) is 4. The van der Waals surface area contributed by atoms with Gasteiger partial charge in [0.25, 0.3) is 0 Å². The van der Waals surface area contributed by atoms with Crippen molar-refractivity contribution < 1.29 is 4.74 Å². The van der Waals surface area contributed by atoms with E-state index in [1.165, 1.54) is 41.3 Å². The summed E-state index contributed by atoms with van der Waals surface area (Å²) < 4.78 is 5.09. The SMILES string of the molecule is CCCC(NCCOC)c1nc2c(s1)CCC2. The van der Waals surface area contributed by atoms with E-state index in [1.807, 2.05) is 11.3 Å². The number of ether oxygens (including phenoxy) is 1. The van der Waals surface area contributed by atoms with Crippen LogP contribution in [-0.4, -0.2) is 25.2 Å². The predicted octanol–water partition coefficient (Wildman–Crippen LogP) is 2.71. The second-order valence-electron chi connectivity index (χ2n) is 4.56. The molecule has 1 N–H and O–H groups in total. The number of aryl methyl sites for hydroxylation is 2. The Hall–Kier alpha value is -0.450. The molecule has 1 aromatic rings. The van der Waals surface area contributed by atoms with Crippen LogP contribution < -0.4 is 5.32 Å². The summed E-state index contributed by atoms with van der Waals surface area (Å²) in [7, 11) is 1.74. The average molecular weight is 254 g/mol. The van der Waals surface area contributed by atoms with E-state index in [2.05, 4.69) is 12.2 Å². The van der Waals surface area contributed by atoms with Crippen molar-refractivity contribution in [3.8, 4) is 0 Å². The molecular weight excluding hydrogens is 232 g/mol. The van der Waals surface area contributed by atoms with Crippen LogP contribution in [0.4, 0.5) is 0 Å². The monoisotopic (exact) mass is 254 g/mol. The molecule has 1 aliphatic rings. The van der Waals surface area contributed by atoms with E-state index in [1.54, 1.807) is 7.11 Å². The van der Waals surface area contributed by atoms with Crippen LogP contribution in [0, 0.1) is 0 Å². The summed E-state index contributed by atoms with van der Waals surface area (Å²) in [5.41, 5.74) is 1.36. The number of rotatable bonds is 7. The van der Waals surface area contributed by atoms with Crippen molar-refractivity contribution in [2.45, 2.75) is 45.1 Å². The van der Waals surface area contributed by atoms with E-state index in [0.717, 1.165) is 19.6 Å². The largest absolute Gasteiger partial charge is 0.383 e. The summed E-state index contributed by atoms with van der Waals surface area (Å²) >= 11 is 1.91. The molecule has 1 atom stereocenters. The minimum Gasteiger partial charge on any atom is -0.383 e. The van der Waals surface area contributed by atoms with Gasteiger partial charge >= 0.3 is 0 Å². The minimum atomic E-state index is 0.422. The molecule has 1 aliphatic carbocycles. The van der Waals surface area contributed by atoms with Crippen LogP contribution in [0.1, 0.15) is 47.8 Å². The molecule has 0 amide bonds. The molecule has 2 rings (SSSR count). The van der Waals surface area contributed by atoms with Crippen LogP contribution in [-0.2, 0) is 17.6 Å². The lowest BCUT2D eigenvalue weighted by Gasteiger charge is -2.15. The highest BCUT2D eigenvalue weighted by Gasteiger charge is 2.21. The standard InChI is InChI=1S/C13H22N2OS/c1-3-5-11(14-8-9-16-2)13-15-10-6-4-7-12(10)17-13/h11,14H,3-9H2,1-2H3. The molecule has 1 aromatic heterocycles. The third kappa shape index (κ3) is 3.27. The lowest BCUT2D eigenvalue weighted by atomic mass is 10.2. The van der Waals surface area contributed by atoms with Gasteiger partial charge in [-0.05, 0) is 25.7 Å². The maximum atomic E-state index is 5.09. The number of methoxy groups -OCH3 is 1. The first-order chi connectivity index (χ1) is 8.35. The van der Waals surface area contributed by atoms with Crippen molar-refractivity contribution in [3.05, 3.63) is 15.6 Å². The Morgan fingerprint density at radius 1 is 1.47 bits per heavy atom. The Labute approximate surface area is 108 Å². The Morgan fingerprint density at radius 2 is 2.35 bits per heavy atom. The van der Waals surface area contributed by atoms with Crippen LogP contribution >= 0.6 is 11.3 Å². The molecule has 0 radical (unpaired) electrons. The maximum Gasteiger partial charge on any atom is 0.110 e. The van der Waals surface area contributed by atoms with Gasteiger partial charge in [-0.15, -0.1) is 11.3 Å². The zero-order valence-corrected chi connectivity index (χ0v) is 11.6. The highest BCUT2D eigenvalue weighted by molar-refractivity contribution is 7.11. The van der Waals surface area contributed by atoms with Gasteiger partial charge in [-0.25, -0.2) is 4.98 Å². The lowest BCUT2D eigenvalue weighted by Crippen LogP contribution is -2.25. The molecule has 1 heterocycles. The van der Waals surface area contributed by atoms with E-state index >= 15 is 0 Å². The topological polar surface area (TPSA) is 34.1 Å². The summed E-state index contributed by atoms with van der Waals surface area (Å²) in [5, 5.41) is 4.83. The molecule has 0 spiro atoms.